The van der Waals surface area contributed by atoms with Crippen LogP contribution in [0.1, 0.15) is 36.2 Å². The largest absolute Gasteiger partial charge is 0.465 e. The van der Waals surface area contributed by atoms with Gasteiger partial charge in [0.05, 0.1) is 11.7 Å². The third kappa shape index (κ3) is 4.41. The molecule has 2 aliphatic rings. The van der Waals surface area contributed by atoms with Crippen molar-refractivity contribution < 1.29 is 19.1 Å². The van der Waals surface area contributed by atoms with Crippen molar-refractivity contribution in [2.75, 3.05) is 41.3 Å². The molecule has 5 heterocycles. The zero-order valence-electron chi connectivity index (χ0n) is 18.3. The van der Waals surface area contributed by atoms with Gasteiger partial charge in [-0.2, -0.15) is 10.1 Å². The minimum atomic E-state index is -1.06. The molecule has 3 aromatic rings. The summed E-state index contributed by atoms with van der Waals surface area (Å²) in [4.78, 5) is 36.9. The summed E-state index contributed by atoms with van der Waals surface area (Å²) >= 11 is 0. The smallest absolute Gasteiger partial charge is 0.404 e. The van der Waals surface area contributed by atoms with Crippen LogP contribution in [-0.4, -0.2) is 69.1 Å². The van der Waals surface area contributed by atoms with Gasteiger partial charge in [-0.25, -0.2) is 9.78 Å². The Morgan fingerprint density at radius 3 is 2.76 bits per heavy atom. The Bertz CT molecular complexity index is 1180. The molecule has 0 bridgehead atoms. The van der Waals surface area contributed by atoms with Crippen molar-refractivity contribution in [2.45, 2.75) is 31.7 Å². The molecule has 174 valence electrons. The van der Waals surface area contributed by atoms with E-state index in [9.17, 15) is 9.59 Å². The van der Waals surface area contributed by atoms with E-state index in [1.807, 2.05) is 24.2 Å². The van der Waals surface area contributed by atoms with Gasteiger partial charge in [-0.3, -0.25) is 9.48 Å². The molecule has 12 nitrogen and oxygen atoms in total. The van der Waals surface area contributed by atoms with Crippen LogP contribution in [0.25, 0.3) is 11.0 Å². The van der Waals surface area contributed by atoms with Gasteiger partial charge in [0.1, 0.15) is 6.26 Å². The molecule has 1 unspecified atom stereocenters. The van der Waals surface area contributed by atoms with Crippen LogP contribution >= 0.6 is 0 Å². The van der Waals surface area contributed by atoms with Gasteiger partial charge in [0.25, 0.3) is 11.9 Å². The number of pyridine rings is 1. The number of hydrogen-bond acceptors (Lipinski definition) is 8. The van der Waals surface area contributed by atoms with Gasteiger partial charge in [-0.1, -0.05) is 0 Å². The molecule has 3 aromatic heterocycles. The normalized spacial score (nSPS) is 18.6. The Kier molecular flexibility index (Phi) is 5.48. The highest BCUT2D eigenvalue weighted by Crippen LogP contribution is 2.30. The van der Waals surface area contributed by atoms with Gasteiger partial charge in [-0.05, 0) is 31.7 Å². The Morgan fingerprint density at radius 2 is 1.97 bits per heavy atom. The number of aryl methyl sites for hydroxylation is 1. The number of nitrogens with one attached hydrogen (secondary N) is 2. The van der Waals surface area contributed by atoms with Gasteiger partial charge >= 0.3 is 6.09 Å². The summed E-state index contributed by atoms with van der Waals surface area (Å²) in [5.41, 5.74) is 1.40. The first-order valence-corrected chi connectivity index (χ1v) is 11.1. The van der Waals surface area contributed by atoms with Gasteiger partial charge in [0, 0.05) is 44.8 Å². The van der Waals surface area contributed by atoms with Gasteiger partial charge < -0.3 is 30.0 Å². The van der Waals surface area contributed by atoms with Gasteiger partial charge in [0.2, 0.25) is 0 Å². The minimum absolute atomic E-state index is 0.149. The topological polar surface area (TPSA) is 142 Å². The molecule has 0 radical (unpaired) electrons. The number of rotatable bonds is 5. The zero-order chi connectivity index (χ0) is 22.9. The Balaban J connectivity index is 1.35. The molecule has 12 heteroatoms. The number of anilines is 3. The highest BCUT2D eigenvalue weighted by Gasteiger charge is 2.28. The fraction of sp³-hybridized carbons (Fsp3) is 0.476. The minimum Gasteiger partial charge on any atom is -0.465 e. The molecule has 3 N–H and O–H groups in total. The second-order valence-electron chi connectivity index (χ2n) is 8.47. The first-order valence-electron chi connectivity index (χ1n) is 11.1. The zero-order valence-corrected chi connectivity index (χ0v) is 18.3. The lowest BCUT2D eigenvalue weighted by molar-refractivity contribution is 0.102. The monoisotopic (exact) mass is 454 g/mol. The molecular formula is C21H26N8O4. The molecular weight excluding hydrogens is 428 g/mol. The third-order valence-electron chi connectivity index (χ3n) is 6.00. The number of carbonyl (C=O) groups excluding carboxylic acids is 1. The van der Waals surface area contributed by atoms with Crippen molar-refractivity contribution in [2.24, 2.45) is 7.05 Å². The third-order valence-corrected chi connectivity index (χ3v) is 6.00. The summed E-state index contributed by atoms with van der Waals surface area (Å²) in [6, 6.07) is 1.99. The maximum atomic E-state index is 13.0. The molecule has 2 saturated heterocycles. The van der Waals surface area contributed by atoms with Crippen LogP contribution in [0.3, 0.4) is 0 Å². The van der Waals surface area contributed by atoms with Crippen molar-refractivity contribution >= 4 is 40.6 Å². The number of piperidine rings is 1. The van der Waals surface area contributed by atoms with Gasteiger partial charge in [0.15, 0.2) is 17.2 Å². The average molecular weight is 454 g/mol. The summed E-state index contributed by atoms with van der Waals surface area (Å²) in [6.45, 7) is 2.79. The molecule has 2 amide bonds. The Labute approximate surface area is 189 Å². The summed E-state index contributed by atoms with van der Waals surface area (Å²) in [5.74, 6) is 0.313. The van der Waals surface area contributed by atoms with E-state index in [2.05, 4.69) is 25.6 Å². The van der Waals surface area contributed by atoms with E-state index < -0.39 is 12.0 Å². The molecule has 2 aliphatic heterocycles. The number of fused-ring (bicyclic) bond motifs is 1. The van der Waals surface area contributed by atoms with Crippen LogP contribution in [0.15, 0.2) is 22.9 Å². The number of carbonyl (C=O) groups is 2. The Morgan fingerprint density at radius 1 is 1.15 bits per heavy atom. The van der Waals surface area contributed by atoms with Crippen LogP contribution in [0, 0.1) is 0 Å². The molecule has 0 aliphatic carbocycles. The fourth-order valence-corrected chi connectivity index (χ4v) is 4.43. The summed E-state index contributed by atoms with van der Waals surface area (Å²) < 4.78 is 7.22. The summed E-state index contributed by atoms with van der Waals surface area (Å²) in [5, 5.41) is 19.6. The Hall–Kier alpha value is -3.83. The highest BCUT2D eigenvalue weighted by atomic mass is 16.4. The lowest BCUT2D eigenvalue weighted by Crippen LogP contribution is -2.36. The molecule has 0 spiro atoms. The SMILES string of the molecule is Cn1cc2cc(NC(=O)c3coc(N4CCC(NC(=O)O)C4)n3)c(N3CCCCC3)nc2n1. The number of oxazole rings is 1. The molecule has 2 fully saturated rings. The number of aromatic nitrogens is 4. The molecule has 33 heavy (non-hydrogen) atoms. The van der Waals surface area contributed by atoms with Crippen LogP contribution < -0.4 is 20.4 Å². The van der Waals surface area contributed by atoms with E-state index in [1.54, 1.807) is 4.68 Å². The number of amides is 2. The van der Waals surface area contributed by atoms with Crippen molar-refractivity contribution in [3.63, 3.8) is 0 Å². The highest BCUT2D eigenvalue weighted by molar-refractivity contribution is 6.05. The van der Waals surface area contributed by atoms with Crippen LogP contribution in [0.2, 0.25) is 0 Å². The lowest BCUT2D eigenvalue weighted by atomic mass is 10.1. The van der Waals surface area contributed by atoms with Crippen LogP contribution in [-0.2, 0) is 7.05 Å². The predicted molar refractivity (Wildman–Crippen MR) is 121 cm³/mol. The number of hydrogen-bond donors (Lipinski definition) is 3. The summed E-state index contributed by atoms with van der Waals surface area (Å²) in [7, 11) is 1.84. The maximum absolute atomic E-state index is 13.0. The van der Waals surface area contributed by atoms with Crippen molar-refractivity contribution in [1.82, 2.24) is 25.1 Å². The summed E-state index contributed by atoms with van der Waals surface area (Å²) in [6.07, 6.45) is 6.11. The van der Waals surface area contributed by atoms with Crippen molar-refractivity contribution in [1.29, 1.82) is 0 Å². The van der Waals surface area contributed by atoms with Crippen molar-refractivity contribution in [3.8, 4) is 0 Å². The quantitative estimate of drug-likeness (QED) is 0.528. The average Bonchev–Trinajstić information content (AvgIpc) is 3.52. The van der Waals surface area contributed by atoms with Gasteiger partial charge in [-0.15, -0.1) is 0 Å². The number of nitrogens with zero attached hydrogens (tertiary/aromatic N) is 6. The number of carboxylic acid groups (broad SMARTS) is 1. The van der Waals surface area contributed by atoms with E-state index in [0.29, 0.717) is 42.7 Å². The second-order valence-corrected chi connectivity index (χ2v) is 8.47. The molecule has 1 atom stereocenters. The molecule has 5 rings (SSSR count). The fourth-order valence-electron chi connectivity index (χ4n) is 4.43. The predicted octanol–water partition coefficient (Wildman–Crippen LogP) is 2.05. The van der Waals surface area contributed by atoms with Crippen molar-refractivity contribution in [3.05, 3.63) is 24.2 Å². The van der Waals surface area contributed by atoms with E-state index in [1.165, 1.54) is 12.7 Å². The van der Waals surface area contributed by atoms with E-state index in [0.717, 1.165) is 31.3 Å². The van der Waals surface area contributed by atoms with Crippen LogP contribution in [0.4, 0.5) is 22.3 Å². The van der Waals surface area contributed by atoms with E-state index >= 15 is 0 Å². The van der Waals surface area contributed by atoms with Crippen LogP contribution in [0.5, 0.6) is 0 Å². The standard InChI is InChI=1S/C21H26N8O4/c1-27-10-13-9-15(18(25-17(13)26-27)28-6-3-2-4-7-28)23-19(30)16-12-33-20(24-16)29-8-5-14(11-29)22-21(31)32/h9-10,12,14,22H,2-8,11H2,1H3,(H,23,30)(H,31,32). The first-order chi connectivity index (χ1) is 16.0. The second kappa shape index (κ2) is 8.60. The molecule has 0 saturated carbocycles. The maximum Gasteiger partial charge on any atom is 0.404 e. The molecule has 0 aromatic carbocycles. The van der Waals surface area contributed by atoms with E-state index in [-0.39, 0.29) is 11.7 Å². The van der Waals surface area contributed by atoms with E-state index in [4.69, 9.17) is 14.5 Å². The first kappa shape index (κ1) is 21.0. The lowest BCUT2D eigenvalue weighted by Gasteiger charge is -2.29.